The fraction of sp³-hybridized carbons (Fsp3) is 0.833. The molecule has 0 unspecified atom stereocenters. The fourth-order valence-electron chi connectivity index (χ4n) is 1.58. The Morgan fingerprint density at radius 2 is 1.44 bits per heavy atom. The molecule has 0 aliphatic rings. The molecule has 0 aromatic carbocycles. The maximum atomic E-state index is 11.1. The van der Waals surface area contributed by atoms with Crippen molar-refractivity contribution in [1.29, 1.82) is 0 Å². The summed E-state index contributed by atoms with van der Waals surface area (Å²) in [5.74, 6) is -0.0625. The number of rotatable bonds is 10. The molecule has 0 aliphatic carbocycles. The van der Waals surface area contributed by atoms with Crippen LogP contribution < -0.4 is 11.1 Å². The van der Waals surface area contributed by atoms with Gasteiger partial charge in [0.25, 0.3) is 0 Å². The Kier molecular flexibility index (Phi) is 9.76. The summed E-state index contributed by atoms with van der Waals surface area (Å²) in [7, 11) is 0. The number of primary amides is 1. The smallest absolute Gasteiger partial charge is 0.219 e. The van der Waals surface area contributed by atoms with E-state index in [0.29, 0.717) is 19.4 Å². The minimum absolute atomic E-state index is 0.149. The van der Waals surface area contributed by atoms with Gasteiger partial charge < -0.3 is 11.1 Å². The monoisotopic (exact) mass is 228 g/mol. The molecule has 0 aliphatic heterocycles. The topological polar surface area (TPSA) is 72.2 Å². The highest BCUT2D eigenvalue weighted by atomic mass is 16.1. The van der Waals surface area contributed by atoms with Gasteiger partial charge in [0.2, 0.25) is 11.8 Å². The minimum atomic E-state index is -0.212. The van der Waals surface area contributed by atoms with E-state index in [4.69, 9.17) is 5.73 Å². The third kappa shape index (κ3) is 11.0. The highest BCUT2D eigenvalue weighted by Gasteiger charge is 1.99. The lowest BCUT2D eigenvalue weighted by Gasteiger charge is -2.02. The number of hydrogen-bond acceptors (Lipinski definition) is 2. The molecule has 0 aromatic rings. The van der Waals surface area contributed by atoms with Gasteiger partial charge in [0.05, 0.1) is 0 Å². The van der Waals surface area contributed by atoms with Crippen molar-refractivity contribution >= 4 is 11.8 Å². The van der Waals surface area contributed by atoms with Gasteiger partial charge >= 0.3 is 0 Å². The first kappa shape index (κ1) is 14.9. The third-order valence-corrected chi connectivity index (χ3v) is 2.45. The van der Waals surface area contributed by atoms with Crippen molar-refractivity contribution in [3.63, 3.8) is 0 Å². The molecule has 0 bridgehead atoms. The quantitative estimate of drug-likeness (QED) is 0.559. The molecule has 94 valence electrons. The SMILES string of the molecule is CCNC(=O)CCCCCCCCC(N)=O. The molecule has 0 saturated carbocycles. The Balaban J connectivity index is 3.09. The summed E-state index contributed by atoms with van der Waals surface area (Å²) in [6, 6.07) is 0. The Hall–Kier alpha value is -1.06. The van der Waals surface area contributed by atoms with Crippen LogP contribution in [0.3, 0.4) is 0 Å². The number of carbonyl (C=O) groups excluding carboxylic acids is 2. The highest BCUT2D eigenvalue weighted by molar-refractivity contribution is 5.75. The van der Waals surface area contributed by atoms with Gasteiger partial charge in [-0.2, -0.15) is 0 Å². The van der Waals surface area contributed by atoms with E-state index in [-0.39, 0.29) is 11.8 Å². The summed E-state index contributed by atoms with van der Waals surface area (Å²) in [4.78, 5) is 21.5. The molecule has 0 rings (SSSR count). The zero-order valence-electron chi connectivity index (χ0n) is 10.3. The Morgan fingerprint density at radius 3 is 1.94 bits per heavy atom. The van der Waals surface area contributed by atoms with E-state index in [1.165, 1.54) is 0 Å². The maximum Gasteiger partial charge on any atom is 0.219 e. The van der Waals surface area contributed by atoms with Gasteiger partial charge in [0.15, 0.2) is 0 Å². The number of unbranched alkanes of at least 4 members (excludes halogenated alkanes) is 5. The predicted octanol–water partition coefficient (Wildman–Crippen LogP) is 1.73. The van der Waals surface area contributed by atoms with Crippen LogP contribution in [-0.4, -0.2) is 18.4 Å². The summed E-state index contributed by atoms with van der Waals surface area (Å²) in [6.45, 7) is 2.64. The highest BCUT2D eigenvalue weighted by Crippen LogP contribution is 2.08. The maximum absolute atomic E-state index is 11.1. The van der Waals surface area contributed by atoms with Crippen LogP contribution in [0.15, 0.2) is 0 Å². The molecule has 4 nitrogen and oxygen atoms in total. The summed E-state index contributed by atoms with van der Waals surface area (Å²) in [5, 5.41) is 2.78. The molecular weight excluding hydrogens is 204 g/mol. The van der Waals surface area contributed by atoms with Crippen molar-refractivity contribution in [3.05, 3.63) is 0 Å². The largest absolute Gasteiger partial charge is 0.370 e. The fourth-order valence-corrected chi connectivity index (χ4v) is 1.58. The standard InChI is InChI=1S/C12H24N2O2/c1-2-14-12(16)10-8-6-4-3-5-7-9-11(13)15/h2-10H2,1H3,(H2,13,15)(H,14,16). The number of nitrogens with two attached hydrogens (primary N) is 1. The van der Waals surface area contributed by atoms with Gasteiger partial charge in [-0.3, -0.25) is 9.59 Å². The van der Waals surface area contributed by atoms with E-state index in [1.54, 1.807) is 0 Å². The lowest BCUT2D eigenvalue weighted by Crippen LogP contribution is -2.21. The number of hydrogen-bond donors (Lipinski definition) is 2. The number of carbonyl (C=O) groups is 2. The molecule has 3 N–H and O–H groups in total. The Morgan fingerprint density at radius 1 is 0.938 bits per heavy atom. The van der Waals surface area contributed by atoms with Crippen LogP contribution in [0.25, 0.3) is 0 Å². The molecule has 0 saturated heterocycles. The van der Waals surface area contributed by atoms with E-state index in [0.717, 1.165) is 38.5 Å². The molecule has 0 fully saturated rings. The van der Waals surface area contributed by atoms with Gasteiger partial charge in [-0.15, -0.1) is 0 Å². The van der Waals surface area contributed by atoms with Crippen molar-refractivity contribution in [2.45, 2.75) is 58.3 Å². The van der Waals surface area contributed by atoms with Crippen LogP contribution in [0.2, 0.25) is 0 Å². The number of amides is 2. The Labute approximate surface area is 98.0 Å². The lowest BCUT2D eigenvalue weighted by atomic mass is 10.1. The van der Waals surface area contributed by atoms with E-state index in [9.17, 15) is 9.59 Å². The van der Waals surface area contributed by atoms with Gasteiger partial charge in [-0.05, 0) is 19.8 Å². The average Bonchev–Trinajstić information content (AvgIpc) is 2.22. The number of nitrogens with one attached hydrogen (secondary N) is 1. The minimum Gasteiger partial charge on any atom is -0.370 e. The summed E-state index contributed by atoms with van der Waals surface area (Å²) < 4.78 is 0. The molecule has 0 heterocycles. The molecule has 2 amide bonds. The normalized spacial score (nSPS) is 10.1. The summed E-state index contributed by atoms with van der Waals surface area (Å²) in [5.41, 5.74) is 5.03. The molecule has 0 spiro atoms. The lowest BCUT2D eigenvalue weighted by molar-refractivity contribution is -0.121. The van der Waals surface area contributed by atoms with Crippen molar-refractivity contribution in [1.82, 2.24) is 5.32 Å². The van der Waals surface area contributed by atoms with Gasteiger partial charge in [0, 0.05) is 19.4 Å². The molecular formula is C12H24N2O2. The first-order chi connectivity index (χ1) is 7.66. The molecule has 0 aromatic heterocycles. The molecule has 16 heavy (non-hydrogen) atoms. The van der Waals surface area contributed by atoms with E-state index in [1.807, 2.05) is 6.92 Å². The molecule has 4 heteroatoms. The first-order valence-corrected chi connectivity index (χ1v) is 6.21. The summed E-state index contributed by atoms with van der Waals surface area (Å²) in [6.07, 6.45) is 7.40. The van der Waals surface area contributed by atoms with Gasteiger partial charge in [-0.1, -0.05) is 25.7 Å². The molecule has 0 atom stereocenters. The van der Waals surface area contributed by atoms with Crippen LogP contribution in [-0.2, 0) is 9.59 Å². The van der Waals surface area contributed by atoms with Crippen LogP contribution in [0.4, 0.5) is 0 Å². The third-order valence-electron chi connectivity index (χ3n) is 2.45. The Bertz CT molecular complexity index is 205. The van der Waals surface area contributed by atoms with Gasteiger partial charge in [0.1, 0.15) is 0 Å². The second-order valence-corrected chi connectivity index (χ2v) is 4.04. The van der Waals surface area contributed by atoms with E-state index >= 15 is 0 Å². The van der Waals surface area contributed by atoms with Crippen molar-refractivity contribution < 1.29 is 9.59 Å². The second-order valence-electron chi connectivity index (χ2n) is 4.04. The second kappa shape index (κ2) is 10.5. The van der Waals surface area contributed by atoms with Crippen molar-refractivity contribution in [2.24, 2.45) is 5.73 Å². The molecule has 0 radical (unpaired) electrons. The van der Waals surface area contributed by atoms with Gasteiger partial charge in [-0.25, -0.2) is 0 Å². The van der Waals surface area contributed by atoms with E-state index < -0.39 is 0 Å². The zero-order valence-corrected chi connectivity index (χ0v) is 10.3. The van der Waals surface area contributed by atoms with Crippen LogP contribution in [0.1, 0.15) is 58.3 Å². The van der Waals surface area contributed by atoms with Crippen molar-refractivity contribution in [2.75, 3.05) is 6.54 Å². The van der Waals surface area contributed by atoms with E-state index in [2.05, 4.69) is 5.32 Å². The van der Waals surface area contributed by atoms with Crippen molar-refractivity contribution in [3.8, 4) is 0 Å². The predicted molar refractivity (Wildman–Crippen MR) is 64.8 cm³/mol. The van der Waals surface area contributed by atoms with Crippen LogP contribution >= 0.6 is 0 Å². The van der Waals surface area contributed by atoms with Crippen LogP contribution in [0.5, 0.6) is 0 Å². The first-order valence-electron chi connectivity index (χ1n) is 6.21. The summed E-state index contributed by atoms with van der Waals surface area (Å²) >= 11 is 0. The van der Waals surface area contributed by atoms with Crippen LogP contribution in [0, 0.1) is 0 Å². The zero-order chi connectivity index (χ0) is 12.2. The average molecular weight is 228 g/mol.